The minimum Gasteiger partial charge on any atom is -0.349 e. The van der Waals surface area contributed by atoms with E-state index in [0.717, 1.165) is 48.2 Å². The molecule has 0 radical (unpaired) electrons. The van der Waals surface area contributed by atoms with Crippen molar-refractivity contribution in [1.82, 2.24) is 0 Å². The Morgan fingerprint density at radius 1 is 0.774 bits per heavy atom. The van der Waals surface area contributed by atoms with Gasteiger partial charge in [0.1, 0.15) is 0 Å². The van der Waals surface area contributed by atoms with Crippen LogP contribution in [-0.4, -0.2) is 16.5 Å². The maximum Gasteiger partial charge on any atom is 0.279 e. The summed E-state index contributed by atoms with van der Waals surface area (Å²) in [5.74, 6) is 0. The van der Waals surface area contributed by atoms with Gasteiger partial charge in [-0.1, -0.05) is 38.8 Å². The summed E-state index contributed by atoms with van der Waals surface area (Å²) in [6.07, 6.45) is 5.13. The molecule has 4 rings (SSSR count). The van der Waals surface area contributed by atoms with Gasteiger partial charge < -0.3 is 9.80 Å². The lowest BCUT2D eigenvalue weighted by molar-refractivity contribution is -0.386. The largest absolute Gasteiger partial charge is 0.349 e. The summed E-state index contributed by atoms with van der Waals surface area (Å²) in [6.45, 7) is 5.51. The normalized spacial score (nSPS) is 14.3. The van der Waals surface area contributed by atoms with Gasteiger partial charge in [-0.3, -0.25) is 20.2 Å². The Bertz CT molecular complexity index is 955. The monoisotopic (exact) mass is 424 g/mol. The molecule has 2 aliphatic rings. The van der Waals surface area contributed by atoms with Crippen molar-refractivity contribution in [3.8, 4) is 0 Å². The van der Waals surface area contributed by atoms with E-state index in [4.69, 9.17) is 0 Å². The molecule has 2 aromatic rings. The molecule has 0 spiro atoms. The van der Waals surface area contributed by atoms with Crippen molar-refractivity contribution >= 4 is 22.7 Å². The van der Waals surface area contributed by atoms with Crippen LogP contribution in [-0.2, 0) is 25.9 Å². The Morgan fingerprint density at radius 3 is 1.55 bits per heavy atom. The number of aryl methyl sites for hydroxylation is 2. The predicted molar refractivity (Wildman–Crippen MR) is 121 cm³/mol. The second kappa shape index (κ2) is 8.53. The Balaban J connectivity index is 1.79. The third-order valence-corrected chi connectivity index (χ3v) is 6.37. The lowest BCUT2D eigenvalue weighted by Crippen LogP contribution is -2.46. The van der Waals surface area contributed by atoms with Crippen molar-refractivity contribution in [2.45, 2.75) is 65.5 Å². The van der Waals surface area contributed by atoms with Crippen LogP contribution in [0.5, 0.6) is 0 Å². The molecule has 2 aliphatic heterocycles. The highest BCUT2D eigenvalue weighted by atomic mass is 16.6. The van der Waals surface area contributed by atoms with Crippen LogP contribution in [0.2, 0.25) is 0 Å². The van der Waals surface area contributed by atoms with Gasteiger partial charge in [-0.15, -0.1) is 0 Å². The second-order valence-electron chi connectivity index (χ2n) is 8.40. The molecule has 8 heteroatoms. The number of hydrogen-bond donors (Lipinski definition) is 0. The van der Waals surface area contributed by atoms with Gasteiger partial charge in [0, 0.05) is 11.1 Å². The maximum atomic E-state index is 12.0. The number of nitrogens with zero attached hydrogens (tertiary/aromatic N) is 4. The molecule has 0 unspecified atom stereocenters. The predicted octanol–water partition coefficient (Wildman–Crippen LogP) is 5.49. The molecule has 0 aliphatic carbocycles. The zero-order valence-electron chi connectivity index (χ0n) is 18.1. The third-order valence-electron chi connectivity index (χ3n) is 6.37. The van der Waals surface area contributed by atoms with Crippen LogP contribution in [0.3, 0.4) is 0 Å². The highest BCUT2D eigenvalue weighted by molar-refractivity contribution is 5.76. The lowest BCUT2D eigenvalue weighted by atomic mass is 9.93. The van der Waals surface area contributed by atoms with Crippen molar-refractivity contribution in [3.63, 3.8) is 0 Å². The number of fused-ring (bicyclic) bond motifs is 6. The third kappa shape index (κ3) is 3.71. The lowest BCUT2D eigenvalue weighted by Gasteiger charge is -2.44. The maximum absolute atomic E-state index is 12.0. The van der Waals surface area contributed by atoms with Gasteiger partial charge in [0.2, 0.25) is 0 Å². The van der Waals surface area contributed by atoms with Gasteiger partial charge in [-0.2, -0.15) is 0 Å². The van der Waals surface area contributed by atoms with Crippen LogP contribution in [0.15, 0.2) is 24.3 Å². The molecule has 0 aromatic heterocycles. The minimum atomic E-state index is -0.260. The number of benzene rings is 2. The molecule has 2 heterocycles. The first-order chi connectivity index (χ1) is 15.0. The number of rotatable bonds is 8. The summed E-state index contributed by atoms with van der Waals surface area (Å²) in [4.78, 5) is 27.5. The average molecular weight is 425 g/mol. The van der Waals surface area contributed by atoms with Crippen LogP contribution in [0.1, 0.15) is 61.8 Å². The number of anilines is 2. The van der Waals surface area contributed by atoms with Gasteiger partial charge in [0.25, 0.3) is 11.4 Å². The molecule has 0 saturated carbocycles. The van der Waals surface area contributed by atoms with E-state index in [1.165, 1.54) is 0 Å². The van der Waals surface area contributed by atoms with Gasteiger partial charge in [0.15, 0.2) is 0 Å². The van der Waals surface area contributed by atoms with Crippen LogP contribution < -0.4 is 9.80 Å². The fourth-order valence-electron chi connectivity index (χ4n) is 4.86. The van der Waals surface area contributed by atoms with E-state index >= 15 is 0 Å². The summed E-state index contributed by atoms with van der Waals surface area (Å²) in [5.41, 5.74) is 5.03. The molecular weight excluding hydrogens is 396 g/mol. The van der Waals surface area contributed by atoms with E-state index in [2.05, 4.69) is 13.8 Å². The molecule has 8 nitrogen and oxygen atoms in total. The van der Waals surface area contributed by atoms with E-state index < -0.39 is 0 Å². The number of unbranched alkanes of at least 4 members (excludes halogenated alkanes) is 2. The molecule has 164 valence electrons. The van der Waals surface area contributed by atoms with Crippen molar-refractivity contribution in [2.75, 3.05) is 16.5 Å². The van der Waals surface area contributed by atoms with E-state index in [9.17, 15) is 20.2 Å². The van der Waals surface area contributed by atoms with E-state index in [0.29, 0.717) is 43.7 Å². The molecule has 2 aromatic carbocycles. The SMILES string of the molecule is CCCCc1ccc2c(c1[N+](=O)[O-])CN1CN2Cc2c1ccc(CCCC)c2[N+](=O)[O-]. The van der Waals surface area contributed by atoms with E-state index in [1.807, 2.05) is 34.1 Å². The molecule has 0 fully saturated rings. The van der Waals surface area contributed by atoms with Crippen LogP contribution >= 0.6 is 0 Å². The summed E-state index contributed by atoms with van der Waals surface area (Å²) in [7, 11) is 0. The molecule has 0 atom stereocenters. The summed E-state index contributed by atoms with van der Waals surface area (Å²) < 4.78 is 0. The topological polar surface area (TPSA) is 92.8 Å². The van der Waals surface area contributed by atoms with Crippen molar-refractivity contribution in [2.24, 2.45) is 0 Å². The Morgan fingerprint density at radius 2 is 1.19 bits per heavy atom. The van der Waals surface area contributed by atoms with Crippen molar-refractivity contribution in [3.05, 3.63) is 66.7 Å². The summed E-state index contributed by atoms with van der Waals surface area (Å²) in [6, 6.07) is 7.65. The number of hydrogen-bond acceptors (Lipinski definition) is 6. The molecule has 0 amide bonds. The summed E-state index contributed by atoms with van der Waals surface area (Å²) in [5, 5.41) is 24.0. The molecule has 0 saturated heterocycles. The van der Waals surface area contributed by atoms with Gasteiger partial charge >= 0.3 is 0 Å². The Kier molecular flexibility index (Phi) is 5.80. The van der Waals surface area contributed by atoms with Crippen molar-refractivity contribution in [1.29, 1.82) is 0 Å². The molecule has 2 bridgehead atoms. The Labute approximate surface area is 181 Å². The Hall–Kier alpha value is -3.16. The summed E-state index contributed by atoms with van der Waals surface area (Å²) >= 11 is 0. The van der Waals surface area contributed by atoms with E-state index in [1.54, 1.807) is 0 Å². The van der Waals surface area contributed by atoms with Crippen LogP contribution in [0, 0.1) is 20.2 Å². The fourth-order valence-corrected chi connectivity index (χ4v) is 4.86. The standard InChI is InChI=1S/C23H28N4O4/c1-3-5-7-16-9-11-20-18(22(16)26(28)29)13-24-15-25(20)14-19-21(24)12-10-17(8-6-4-2)23(19)27(30)31/h9-12H,3-8,13-15H2,1-2H3. The quantitative estimate of drug-likeness (QED) is 0.411. The highest BCUT2D eigenvalue weighted by Crippen LogP contribution is 2.45. The average Bonchev–Trinajstić information content (AvgIpc) is 2.74. The van der Waals surface area contributed by atoms with Gasteiger partial charge in [0.05, 0.1) is 52.1 Å². The second-order valence-corrected chi connectivity index (χ2v) is 8.40. The zero-order chi connectivity index (χ0) is 22.1. The number of nitro groups is 2. The molecular formula is C23H28N4O4. The molecule has 31 heavy (non-hydrogen) atoms. The molecule has 0 N–H and O–H groups in total. The number of nitro benzene ring substituents is 2. The smallest absolute Gasteiger partial charge is 0.279 e. The van der Waals surface area contributed by atoms with Crippen LogP contribution in [0.25, 0.3) is 0 Å². The highest BCUT2D eigenvalue weighted by Gasteiger charge is 2.38. The van der Waals surface area contributed by atoms with E-state index in [-0.39, 0.29) is 21.2 Å². The minimum absolute atomic E-state index is 0.207. The van der Waals surface area contributed by atoms with Crippen LogP contribution in [0.4, 0.5) is 22.7 Å². The first kappa shape index (κ1) is 21.1. The first-order valence-electron chi connectivity index (χ1n) is 11.0. The van der Waals surface area contributed by atoms with Gasteiger partial charge in [-0.05, 0) is 37.8 Å². The fraction of sp³-hybridized carbons (Fsp3) is 0.478. The van der Waals surface area contributed by atoms with Crippen molar-refractivity contribution < 1.29 is 9.85 Å². The zero-order valence-corrected chi connectivity index (χ0v) is 18.1. The van der Waals surface area contributed by atoms with Gasteiger partial charge in [-0.25, -0.2) is 0 Å². The first-order valence-corrected chi connectivity index (χ1v) is 11.0.